The topological polar surface area (TPSA) is 42.8 Å². The molecule has 2 heterocycles. The molecule has 1 aromatic carbocycles. The van der Waals surface area contributed by atoms with E-state index in [4.69, 9.17) is 10.1 Å². The third-order valence-electron chi connectivity index (χ3n) is 4.20. The van der Waals surface area contributed by atoms with E-state index in [9.17, 15) is 0 Å². The van der Waals surface area contributed by atoms with Crippen LogP contribution in [-0.2, 0) is 0 Å². The van der Waals surface area contributed by atoms with Crippen molar-refractivity contribution in [2.75, 3.05) is 57.2 Å². The summed E-state index contributed by atoms with van der Waals surface area (Å²) in [5, 5.41) is 10.4. The summed E-state index contributed by atoms with van der Waals surface area (Å²) in [6.45, 7) is 3.60. The van der Waals surface area contributed by atoms with Gasteiger partial charge in [-0.3, -0.25) is 5.41 Å². The minimum atomic E-state index is 0.515. The van der Waals surface area contributed by atoms with Gasteiger partial charge in [-0.2, -0.15) is 0 Å². The Labute approximate surface area is 147 Å². The van der Waals surface area contributed by atoms with Crippen molar-refractivity contribution < 1.29 is 4.74 Å². The first-order chi connectivity index (χ1) is 11.6. The molecule has 24 heavy (non-hydrogen) atoms. The number of rotatable bonds is 5. The molecule has 0 amide bonds. The molecule has 1 N–H and O–H groups in total. The van der Waals surface area contributed by atoms with Gasteiger partial charge in [0.05, 0.1) is 17.1 Å². The van der Waals surface area contributed by atoms with Crippen molar-refractivity contribution in [3.63, 3.8) is 0 Å². The summed E-state index contributed by atoms with van der Waals surface area (Å²) in [6.07, 6.45) is 0. The zero-order valence-electron chi connectivity index (χ0n) is 14.5. The maximum Gasteiger partial charge on any atom is 0.142 e. The minimum Gasteiger partial charge on any atom is -0.490 e. The van der Waals surface area contributed by atoms with E-state index < -0.39 is 0 Å². The third kappa shape index (κ3) is 3.55. The molecule has 0 radical (unpaired) electrons. The van der Waals surface area contributed by atoms with E-state index in [0.717, 1.165) is 48.2 Å². The summed E-state index contributed by atoms with van der Waals surface area (Å²) in [4.78, 5) is 7.45. The van der Waals surface area contributed by atoms with Crippen LogP contribution in [0.25, 0.3) is 0 Å². The van der Waals surface area contributed by atoms with Crippen LogP contribution in [0.5, 0.6) is 5.75 Å². The zero-order valence-corrected chi connectivity index (χ0v) is 15.3. The van der Waals surface area contributed by atoms with Crippen LogP contribution in [0, 0.1) is 5.41 Å². The number of nitrogens with one attached hydrogen (secondary N) is 1. The Morgan fingerprint density at radius 1 is 1.29 bits per heavy atom. The number of thiophene rings is 1. The number of fused-ring (bicyclic) bond motifs is 1. The highest BCUT2D eigenvalue weighted by Gasteiger charge is 2.20. The molecule has 6 heteroatoms. The van der Waals surface area contributed by atoms with Crippen molar-refractivity contribution in [1.29, 1.82) is 5.41 Å². The molecule has 1 aliphatic rings. The number of hydrogen-bond acceptors (Lipinski definition) is 5. The maximum atomic E-state index is 8.40. The second-order valence-corrected chi connectivity index (χ2v) is 7.12. The molecule has 0 bridgehead atoms. The molecular formula is C18H24N4OS. The molecule has 2 aromatic rings. The number of anilines is 2. The molecule has 0 atom stereocenters. The summed E-state index contributed by atoms with van der Waals surface area (Å²) < 4.78 is 5.80. The molecule has 0 spiro atoms. The first kappa shape index (κ1) is 16.8. The van der Waals surface area contributed by atoms with E-state index in [2.05, 4.69) is 30.0 Å². The fraction of sp³-hybridized carbons (Fsp3) is 0.389. The van der Waals surface area contributed by atoms with E-state index in [1.54, 1.807) is 11.3 Å². The summed E-state index contributed by atoms with van der Waals surface area (Å²) in [5.41, 5.74) is 2.12. The first-order valence-corrected chi connectivity index (χ1v) is 8.97. The number of amidine groups is 1. The molecule has 128 valence electrons. The standard InChI is InChI=1S/C18H24N4OS/c1-20(2)8-9-22-10-11-23-16-7-6-14(13-15(16)22)21(3)18(19)17-5-4-12-24-17/h4-7,12-13,19H,8-11H2,1-3H3. The Morgan fingerprint density at radius 3 is 2.83 bits per heavy atom. The van der Waals surface area contributed by atoms with Gasteiger partial charge >= 0.3 is 0 Å². The zero-order chi connectivity index (χ0) is 17.1. The highest BCUT2D eigenvalue weighted by molar-refractivity contribution is 7.12. The van der Waals surface area contributed by atoms with E-state index >= 15 is 0 Å². The average molecular weight is 344 g/mol. The van der Waals surface area contributed by atoms with Gasteiger partial charge in [-0.25, -0.2) is 0 Å². The van der Waals surface area contributed by atoms with Crippen LogP contribution in [0.1, 0.15) is 4.88 Å². The van der Waals surface area contributed by atoms with Crippen molar-refractivity contribution in [2.45, 2.75) is 0 Å². The second-order valence-electron chi connectivity index (χ2n) is 6.18. The molecule has 1 aromatic heterocycles. The van der Waals surface area contributed by atoms with Crippen LogP contribution < -0.4 is 14.5 Å². The van der Waals surface area contributed by atoms with Gasteiger partial charge in [0.25, 0.3) is 0 Å². The van der Waals surface area contributed by atoms with Gasteiger partial charge in [-0.15, -0.1) is 11.3 Å². The Bertz CT molecular complexity index is 699. The van der Waals surface area contributed by atoms with Crippen LogP contribution in [0.4, 0.5) is 11.4 Å². The summed E-state index contributed by atoms with van der Waals surface area (Å²) in [5.74, 6) is 1.45. The second kappa shape index (κ2) is 7.23. The minimum absolute atomic E-state index is 0.515. The van der Waals surface area contributed by atoms with Crippen LogP contribution in [0.2, 0.25) is 0 Å². The van der Waals surface area contributed by atoms with Crippen molar-refractivity contribution in [2.24, 2.45) is 0 Å². The third-order valence-corrected chi connectivity index (χ3v) is 5.07. The normalized spacial score (nSPS) is 13.6. The Morgan fingerprint density at radius 2 is 2.12 bits per heavy atom. The predicted octanol–water partition coefficient (Wildman–Crippen LogP) is 2.97. The predicted molar refractivity (Wildman–Crippen MR) is 102 cm³/mol. The lowest BCUT2D eigenvalue weighted by Crippen LogP contribution is -2.37. The van der Waals surface area contributed by atoms with Crippen LogP contribution in [0.3, 0.4) is 0 Å². The van der Waals surface area contributed by atoms with E-state index in [-0.39, 0.29) is 0 Å². The molecule has 5 nitrogen and oxygen atoms in total. The van der Waals surface area contributed by atoms with Crippen LogP contribution >= 0.6 is 11.3 Å². The van der Waals surface area contributed by atoms with Crippen molar-refractivity contribution >= 4 is 28.5 Å². The lowest BCUT2D eigenvalue weighted by Gasteiger charge is -2.33. The number of likely N-dealkylation sites (N-methyl/N-ethyl adjacent to an activating group) is 1. The van der Waals surface area contributed by atoms with Gasteiger partial charge in [0.15, 0.2) is 0 Å². The van der Waals surface area contributed by atoms with Gasteiger partial charge < -0.3 is 19.4 Å². The molecule has 0 unspecified atom stereocenters. The lowest BCUT2D eigenvalue weighted by atomic mass is 10.2. The highest BCUT2D eigenvalue weighted by Crippen LogP contribution is 2.35. The number of nitrogens with zero attached hydrogens (tertiary/aromatic N) is 3. The first-order valence-electron chi connectivity index (χ1n) is 8.09. The molecule has 0 saturated heterocycles. The van der Waals surface area contributed by atoms with Crippen molar-refractivity contribution in [3.8, 4) is 5.75 Å². The number of benzene rings is 1. The van der Waals surface area contributed by atoms with Crippen LogP contribution in [-0.4, -0.2) is 58.1 Å². The average Bonchev–Trinajstić information content (AvgIpc) is 3.12. The molecular weight excluding hydrogens is 320 g/mol. The van der Waals surface area contributed by atoms with Gasteiger partial charge in [-0.05, 0) is 43.7 Å². The van der Waals surface area contributed by atoms with Gasteiger partial charge in [0.1, 0.15) is 18.2 Å². The maximum absolute atomic E-state index is 8.40. The molecule has 0 fully saturated rings. The monoisotopic (exact) mass is 344 g/mol. The van der Waals surface area contributed by atoms with E-state index in [1.807, 2.05) is 41.6 Å². The van der Waals surface area contributed by atoms with Crippen molar-refractivity contribution in [1.82, 2.24) is 4.90 Å². The SMILES string of the molecule is CN(C)CCN1CCOc2ccc(N(C)C(=N)c3cccs3)cc21. The fourth-order valence-electron chi connectivity index (χ4n) is 2.73. The summed E-state index contributed by atoms with van der Waals surface area (Å²) in [6, 6.07) is 10.1. The fourth-order valence-corrected chi connectivity index (χ4v) is 3.44. The number of hydrogen-bond donors (Lipinski definition) is 1. The Kier molecular flexibility index (Phi) is 5.06. The largest absolute Gasteiger partial charge is 0.490 e. The van der Waals surface area contributed by atoms with E-state index in [0.29, 0.717) is 5.84 Å². The quantitative estimate of drug-likeness (QED) is 0.669. The summed E-state index contributed by atoms with van der Waals surface area (Å²) >= 11 is 1.59. The number of ether oxygens (including phenoxy) is 1. The Balaban J connectivity index is 1.83. The molecule has 0 saturated carbocycles. The van der Waals surface area contributed by atoms with Crippen LogP contribution in [0.15, 0.2) is 35.7 Å². The van der Waals surface area contributed by atoms with Crippen molar-refractivity contribution in [3.05, 3.63) is 40.6 Å². The van der Waals surface area contributed by atoms with E-state index in [1.165, 1.54) is 0 Å². The lowest BCUT2D eigenvalue weighted by molar-refractivity contribution is 0.303. The summed E-state index contributed by atoms with van der Waals surface area (Å²) in [7, 11) is 6.12. The highest BCUT2D eigenvalue weighted by atomic mass is 32.1. The van der Waals surface area contributed by atoms with Gasteiger partial charge in [0, 0.05) is 25.8 Å². The smallest absolute Gasteiger partial charge is 0.142 e. The van der Waals surface area contributed by atoms with Gasteiger partial charge in [-0.1, -0.05) is 6.07 Å². The Hall–Kier alpha value is -2.05. The molecule has 3 rings (SSSR count). The van der Waals surface area contributed by atoms with Gasteiger partial charge in [0.2, 0.25) is 0 Å². The molecule has 0 aliphatic carbocycles. The molecule has 1 aliphatic heterocycles.